The predicted molar refractivity (Wildman–Crippen MR) is 50.0 cm³/mol. The second-order valence-corrected chi connectivity index (χ2v) is 3.75. The van der Waals surface area contributed by atoms with E-state index in [1.807, 2.05) is 19.9 Å². The molecule has 0 aromatic rings. The molecule has 0 radical (unpaired) electrons. The Morgan fingerprint density at radius 2 is 1.83 bits per heavy atom. The molecule has 0 aliphatic rings. The zero-order chi connectivity index (χ0) is 9.72. The molecule has 0 rings (SSSR count). The summed E-state index contributed by atoms with van der Waals surface area (Å²) in [6.45, 7) is 7.97. The first-order valence-electron chi connectivity index (χ1n) is 4.38. The van der Waals surface area contributed by atoms with Gasteiger partial charge in [0.1, 0.15) is 0 Å². The highest BCUT2D eigenvalue weighted by molar-refractivity contribution is 5.86. The lowest BCUT2D eigenvalue weighted by molar-refractivity contribution is -0.133. The maximum absolute atomic E-state index is 10.7. The zero-order valence-corrected chi connectivity index (χ0v) is 8.29. The van der Waals surface area contributed by atoms with Crippen molar-refractivity contribution >= 4 is 5.97 Å². The van der Waals surface area contributed by atoms with Crippen LogP contribution < -0.4 is 0 Å². The highest BCUT2D eigenvalue weighted by Crippen LogP contribution is 2.12. The minimum Gasteiger partial charge on any atom is -0.478 e. The van der Waals surface area contributed by atoms with E-state index in [0.717, 1.165) is 6.42 Å². The van der Waals surface area contributed by atoms with Gasteiger partial charge in [0.2, 0.25) is 0 Å². The van der Waals surface area contributed by atoms with Gasteiger partial charge in [-0.15, -0.1) is 0 Å². The maximum Gasteiger partial charge on any atom is 0.331 e. The van der Waals surface area contributed by atoms with Crippen LogP contribution in [0, 0.1) is 11.8 Å². The van der Waals surface area contributed by atoms with Crippen molar-refractivity contribution in [2.24, 2.45) is 11.8 Å². The Morgan fingerprint density at radius 3 is 2.08 bits per heavy atom. The van der Waals surface area contributed by atoms with Gasteiger partial charge >= 0.3 is 5.97 Å². The molecule has 0 amide bonds. The summed E-state index contributed by atoms with van der Waals surface area (Å²) in [4.78, 5) is 10.7. The predicted octanol–water partition coefficient (Wildman–Crippen LogP) is 2.70. The lowest BCUT2D eigenvalue weighted by Gasteiger charge is -2.06. The third-order valence-electron chi connectivity index (χ3n) is 1.68. The van der Waals surface area contributed by atoms with Gasteiger partial charge in [0.15, 0.2) is 0 Å². The Balaban J connectivity index is 4.30. The van der Waals surface area contributed by atoms with Gasteiger partial charge in [-0.05, 0) is 18.3 Å². The molecule has 0 spiro atoms. The molecule has 0 bridgehead atoms. The summed E-state index contributed by atoms with van der Waals surface area (Å²) < 4.78 is 0. The number of carbonyl (C=O) groups is 1. The van der Waals surface area contributed by atoms with E-state index >= 15 is 0 Å². The monoisotopic (exact) mass is 170 g/mol. The summed E-state index contributed by atoms with van der Waals surface area (Å²) in [5.41, 5.74) is 0.531. The van der Waals surface area contributed by atoms with Gasteiger partial charge < -0.3 is 5.11 Å². The first kappa shape index (κ1) is 11.2. The van der Waals surface area contributed by atoms with Crippen molar-refractivity contribution in [2.75, 3.05) is 0 Å². The highest BCUT2D eigenvalue weighted by Gasteiger charge is 2.10. The summed E-state index contributed by atoms with van der Waals surface area (Å²) in [7, 11) is 0. The van der Waals surface area contributed by atoms with E-state index in [0.29, 0.717) is 11.5 Å². The molecule has 0 aliphatic carbocycles. The number of aliphatic carboxylic acids is 1. The Morgan fingerprint density at radius 1 is 1.33 bits per heavy atom. The number of hydrogen-bond acceptors (Lipinski definition) is 1. The Labute approximate surface area is 74.3 Å². The molecule has 0 aliphatic heterocycles. The third-order valence-corrected chi connectivity index (χ3v) is 1.68. The van der Waals surface area contributed by atoms with E-state index in [-0.39, 0.29) is 5.92 Å². The average molecular weight is 170 g/mol. The van der Waals surface area contributed by atoms with E-state index in [2.05, 4.69) is 13.8 Å². The van der Waals surface area contributed by atoms with Crippen LogP contribution in [0.3, 0.4) is 0 Å². The molecule has 12 heavy (non-hydrogen) atoms. The number of rotatable bonds is 4. The normalized spacial score (nSPS) is 12.7. The Hall–Kier alpha value is -0.790. The van der Waals surface area contributed by atoms with Gasteiger partial charge in [0, 0.05) is 5.57 Å². The molecule has 0 fully saturated rings. The summed E-state index contributed by atoms with van der Waals surface area (Å²) in [6, 6.07) is 0. The molecule has 0 saturated heterocycles. The number of hydrogen-bond donors (Lipinski definition) is 1. The quantitative estimate of drug-likeness (QED) is 0.659. The second kappa shape index (κ2) is 4.96. The first-order chi connectivity index (χ1) is 5.45. The fraction of sp³-hybridized carbons (Fsp3) is 0.700. The van der Waals surface area contributed by atoms with Crippen LogP contribution in [0.15, 0.2) is 11.6 Å². The Kier molecular flexibility index (Phi) is 4.64. The van der Waals surface area contributed by atoms with Gasteiger partial charge in [-0.25, -0.2) is 4.79 Å². The summed E-state index contributed by atoms with van der Waals surface area (Å²) in [5.74, 6) is -0.148. The highest BCUT2D eigenvalue weighted by atomic mass is 16.4. The van der Waals surface area contributed by atoms with Gasteiger partial charge in [-0.2, -0.15) is 0 Å². The van der Waals surface area contributed by atoms with Crippen LogP contribution in [0.1, 0.15) is 34.1 Å². The van der Waals surface area contributed by atoms with Crippen molar-refractivity contribution in [3.05, 3.63) is 11.6 Å². The van der Waals surface area contributed by atoms with Crippen LogP contribution in [-0.4, -0.2) is 11.1 Å². The van der Waals surface area contributed by atoms with Crippen LogP contribution >= 0.6 is 0 Å². The Bertz CT molecular complexity index is 178. The van der Waals surface area contributed by atoms with E-state index in [1.54, 1.807) is 0 Å². The number of allylic oxidation sites excluding steroid dienone is 1. The molecule has 70 valence electrons. The molecule has 2 heteroatoms. The van der Waals surface area contributed by atoms with Crippen molar-refractivity contribution in [3.63, 3.8) is 0 Å². The van der Waals surface area contributed by atoms with Gasteiger partial charge in [0.25, 0.3) is 0 Å². The average Bonchev–Trinajstić information content (AvgIpc) is 1.84. The fourth-order valence-corrected chi connectivity index (χ4v) is 0.933. The van der Waals surface area contributed by atoms with E-state index in [9.17, 15) is 4.79 Å². The second-order valence-electron chi connectivity index (χ2n) is 3.75. The summed E-state index contributed by atoms with van der Waals surface area (Å²) in [6.07, 6.45) is 2.68. The van der Waals surface area contributed by atoms with E-state index in [4.69, 9.17) is 5.11 Å². The van der Waals surface area contributed by atoms with Gasteiger partial charge in [0.05, 0.1) is 0 Å². The van der Waals surface area contributed by atoms with Crippen molar-refractivity contribution in [1.29, 1.82) is 0 Å². The minimum absolute atomic E-state index is 0.112. The van der Waals surface area contributed by atoms with Crippen molar-refractivity contribution < 1.29 is 9.90 Å². The molecule has 0 atom stereocenters. The third kappa shape index (κ3) is 4.16. The molecule has 2 nitrogen and oxygen atoms in total. The van der Waals surface area contributed by atoms with Crippen LogP contribution in [0.4, 0.5) is 0 Å². The molecule has 1 N–H and O–H groups in total. The summed E-state index contributed by atoms with van der Waals surface area (Å²) in [5, 5.41) is 8.79. The van der Waals surface area contributed by atoms with Crippen LogP contribution in [0.2, 0.25) is 0 Å². The molecule has 0 unspecified atom stereocenters. The number of carboxylic acid groups (broad SMARTS) is 1. The zero-order valence-electron chi connectivity index (χ0n) is 8.29. The molecule has 0 aromatic carbocycles. The van der Waals surface area contributed by atoms with Gasteiger partial charge in [-0.1, -0.05) is 33.8 Å². The fourth-order valence-electron chi connectivity index (χ4n) is 0.933. The lowest BCUT2D eigenvalue weighted by atomic mass is 10.00. The molecular weight excluding hydrogens is 152 g/mol. The van der Waals surface area contributed by atoms with Crippen molar-refractivity contribution in [1.82, 2.24) is 0 Å². The van der Waals surface area contributed by atoms with E-state index < -0.39 is 5.97 Å². The van der Waals surface area contributed by atoms with E-state index in [1.165, 1.54) is 0 Å². The largest absolute Gasteiger partial charge is 0.478 e. The lowest BCUT2D eigenvalue weighted by Crippen LogP contribution is -2.07. The smallest absolute Gasteiger partial charge is 0.331 e. The summed E-state index contributed by atoms with van der Waals surface area (Å²) >= 11 is 0. The minimum atomic E-state index is -0.786. The molecule has 0 heterocycles. The van der Waals surface area contributed by atoms with Crippen LogP contribution in [0.5, 0.6) is 0 Å². The van der Waals surface area contributed by atoms with Crippen molar-refractivity contribution in [2.45, 2.75) is 34.1 Å². The maximum atomic E-state index is 10.7. The molecule has 0 saturated carbocycles. The van der Waals surface area contributed by atoms with Crippen LogP contribution in [-0.2, 0) is 4.79 Å². The standard InChI is InChI=1S/C10H18O2/c1-7(2)5-6-9(8(3)4)10(11)12/h6-8H,5H2,1-4H3,(H,11,12)/b9-6-. The van der Waals surface area contributed by atoms with Crippen molar-refractivity contribution in [3.8, 4) is 0 Å². The van der Waals surface area contributed by atoms with Crippen LogP contribution in [0.25, 0.3) is 0 Å². The topological polar surface area (TPSA) is 37.3 Å². The number of carboxylic acids is 1. The molecule has 0 aromatic heterocycles. The molecular formula is C10H18O2. The first-order valence-corrected chi connectivity index (χ1v) is 4.38. The SMILES string of the molecule is CC(C)C/C=C(\C(=O)O)C(C)C. The van der Waals surface area contributed by atoms with Gasteiger partial charge in [-0.3, -0.25) is 0 Å².